The summed E-state index contributed by atoms with van der Waals surface area (Å²) in [6, 6.07) is 7.06. The van der Waals surface area contributed by atoms with Crippen LogP contribution in [-0.2, 0) is 25.8 Å². The van der Waals surface area contributed by atoms with E-state index < -0.39 is 41.8 Å². The van der Waals surface area contributed by atoms with Gasteiger partial charge in [0.05, 0.1) is 6.26 Å². The summed E-state index contributed by atoms with van der Waals surface area (Å²) in [4.78, 5) is 47.0. The SMILES string of the molecule is CC(=O)NO[As](=O)(OO)C1C=CC=C(C)C1(OC(C)=O)C1(CCN2CCC(N(C(=O)c3ccco3)c3ccc(C)cn3)CC2)CCCCC1. The molecular formula is C35H47AsN4O9. The van der Waals surface area contributed by atoms with Gasteiger partial charge in [-0.3, -0.25) is 0 Å². The van der Waals surface area contributed by atoms with Gasteiger partial charge in [-0.1, -0.05) is 6.07 Å². The Kier molecular flexibility index (Phi) is 11.7. The number of likely N-dealkylation sites (tertiary alicyclic amines) is 1. The van der Waals surface area contributed by atoms with Gasteiger partial charge in [0.15, 0.2) is 0 Å². The first-order chi connectivity index (χ1) is 23.4. The Hall–Kier alpha value is -3.48. The van der Waals surface area contributed by atoms with E-state index in [4.69, 9.17) is 13.0 Å². The van der Waals surface area contributed by atoms with Gasteiger partial charge in [0.1, 0.15) is 0 Å². The van der Waals surface area contributed by atoms with Crippen LogP contribution in [-0.4, -0.2) is 78.4 Å². The fraction of sp³-hybridized carbons (Fsp3) is 0.543. The zero-order valence-electron chi connectivity index (χ0n) is 28.6. The fourth-order valence-electron chi connectivity index (χ4n) is 7.97. The Morgan fingerprint density at radius 3 is 2.45 bits per heavy atom. The molecule has 0 spiro atoms. The number of hydrogen-bond donors (Lipinski definition) is 2. The second-order valence-corrected chi connectivity index (χ2v) is 17.5. The molecule has 2 fully saturated rings. The third-order valence-corrected chi connectivity index (χ3v) is 14.0. The van der Waals surface area contributed by atoms with Crippen LogP contribution in [0.4, 0.5) is 5.82 Å². The zero-order chi connectivity index (χ0) is 35.2. The number of pyridine rings is 1. The standard InChI is InChI=1S/C35H47AsN4O9/c1-25-13-14-32(37-24-25)40(33(43)30-11-9-23-46-30)29-15-20-39(21-16-29)22-19-34(17-6-5-7-18-34)35(47-28(4)42)26(2)10-8-12-31(35)36(44,49-45)48-38-27(3)41/h8-14,23-24,29,31,45H,5-7,15-22H2,1-4H3,(H,38,41). The number of hydrogen-bond acceptors (Lipinski definition) is 11. The molecule has 1 aliphatic heterocycles. The molecule has 3 aliphatic rings. The van der Waals surface area contributed by atoms with Crippen LogP contribution in [0.3, 0.4) is 0 Å². The van der Waals surface area contributed by atoms with Crippen molar-refractivity contribution >= 4 is 37.8 Å². The summed E-state index contributed by atoms with van der Waals surface area (Å²) in [7, 11) is 0. The molecule has 1 saturated carbocycles. The first-order valence-electron chi connectivity index (χ1n) is 16.9. The average Bonchev–Trinajstić information content (AvgIpc) is 3.64. The Morgan fingerprint density at radius 2 is 1.86 bits per heavy atom. The molecule has 1 saturated heterocycles. The van der Waals surface area contributed by atoms with Gasteiger partial charge in [-0.05, 0) is 24.6 Å². The van der Waals surface area contributed by atoms with Crippen molar-refractivity contribution in [3.05, 3.63) is 71.9 Å². The van der Waals surface area contributed by atoms with Crippen LogP contribution in [0.25, 0.3) is 0 Å². The molecule has 0 bridgehead atoms. The van der Waals surface area contributed by atoms with E-state index in [-0.39, 0.29) is 17.7 Å². The molecule has 3 atom stereocenters. The molecule has 0 radical (unpaired) electrons. The first-order valence-corrected chi connectivity index (χ1v) is 20.3. The summed E-state index contributed by atoms with van der Waals surface area (Å²) in [5.74, 6) is -0.590. The van der Waals surface area contributed by atoms with Crippen molar-refractivity contribution in [3.8, 4) is 0 Å². The summed E-state index contributed by atoms with van der Waals surface area (Å²) >= 11 is -5.37. The molecule has 2 amide bonds. The van der Waals surface area contributed by atoms with Gasteiger partial charge in [0.2, 0.25) is 0 Å². The van der Waals surface area contributed by atoms with E-state index >= 15 is 0 Å². The predicted octanol–water partition coefficient (Wildman–Crippen LogP) is 5.55. The summed E-state index contributed by atoms with van der Waals surface area (Å²) in [5, 5.41) is 10.0. The second-order valence-electron chi connectivity index (χ2n) is 13.4. The van der Waals surface area contributed by atoms with E-state index in [1.807, 2.05) is 32.1 Å². The van der Waals surface area contributed by atoms with Crippen molar-refractivity contribution in [2.24, 2.45) is 5.41 Å². The number of anilines is 1. The molecular weight excluding hydrogens is 695 g/mol. The number of aryl methyl sites for hydroxylation is 1. The van der Waals surface area contributed by atoms with Gasteiger partial charge in [-0.25, -0.2) is 0 Å². The van der Waals surface area contributed by atoms with Crippen LogP contribution in [0.15, 0.2) is 64.9 Å². The van der Waals surface area contributed by atoms with E-state index in [2.05, 4.69) is 19.2 Å². The minimum atomic E-state index is -5.37. The van der Waals surface area contributed by atoms with Gasteiger partial charge in [-0.15, -0.1) is 0 Å². The molecule has 14 heteroatoms. The molecule has 2 aliphatic carbocycles. The number of aromatic nitrogens is 1. The Labute approximate surface area is 289 Å². The second kappa shape index (κ2) is 15.6. The molecule has 49 heavy (non-hydrogen) atoms. The van der Waals surface area contributed by atoms with Crippen LogP contribution in [0.5, 0.6) is 0 Å². The third-order valence-electron chi connectivity index (χ3n) is 10.2. The van der Waals surface area contributed by atoms with Gasteiger partial charge in [0, 0.05) is 6.20 Å². The van der Waals surface area contributed by atoms with E-state index in [0.717, 1.165) is 24.8 Å². The molecule has 2 N–H and O–H groups in total. The molecule has 3 heterocycles. The Balaban J connectivity index is 1.40. The number of rotatable bonds is 12. The number of amides is 2. The van der Waals surface area contributed by atoms with Gasteiger partial charge >= 0.3 is 243 Å². The van der Waals surface area contributed by atoms with Crippen molar-refractivity contribution in [2.45, 2.75) is 95.4 Å². The average molecular weight is 743 g/mol. The van der Waals surface area contributed by atoms with E-state index in [0.29, 0.717) is 63.1 Å². The number of esters is 1. The van der Waals surface area contributed by atoms with Crippen molar-refractivity contribution < 1.29 is 40.2 Å². The molecule has 5 rings (SSSR count). The number of carbonyl (C=O) groups excluding carboxylic acids is 3. The van der Waals surface area contributed by atoms with Crippen LogP contribution < -0.4 is 10.4 Å². The van der Waals surface area contributed by atoms with Crippen LogP contribution >= 0.6 is 0 Å². The molecule has 2 aromatic heterocycles. The van der Waals surface area contributed by atoms with Crippen LogP contribution in [0, 0.1) is 12.3 Å². The number of ether oxygens (including phenoxy) is 1. The van der Waals surface area contributed by atoms with Gasteiger partial charge in [-0.2, -0.15) is 0 Å². The molecule has 0 aromatic carbocycles. The van der Waals surface area contributed by atoms with E-state index in [1.54, 1.807) is 35.4 Å². The number of nitrogens with one attached hydrogen (secondary N) is 1. The van der Waals surface area contributed by atoms with Crippen molar-refractivity contribution in [2.75, 3.05) is 24.5 Å². The predicted molar refractivity (Wildman–Crippen MR) is 180 cm³/mol. The summed E-state index contributed by atoms with van der Waals surface area (Å²) < 4.78 is 34.9. The van der Waals surface area contributed by atoms with Crippen molar-refractivity contribution in [1.29, 1.82) is 0 Å². The van der Waals surface area contributed by atoms with Gasteiger partial charge < -0.3 is 4.42 Å². The monoisotopic (exact) mass is 742 g/mol. The van der Waals surface area contributed by atoms with Crippen LogP contribution in [0.1, 0.15) is 88.3 Å². The summed E-state index contributed by atoms with van der Waals surface area (Å²) in [6.45, 7) is 8.36. The molecule has 13 nitrogen and oxygen atoms in total. The number of piperidine rings is 1. The third kappa shape index (κ3) is 7.66. The minimum absolute atomic E-state index is 0.0979. The Bertz CT molecular complexity index is 1580. The number of nitrogens with zero attached hydrogens (tertiary/aromatic N) is 3. The quantitative estimate of drug-likeness (QED) is 0.122. The topological polar surface area (TPSA) is 161 Å². The maximum absolute atomic E-state index is 14.3. The van der Waals surface area contributed by atoms with Crippen molar-refractivity contribution in [3.63, 3.8) is 0 Å². The number of allylic oxidation sites excluding steroid dienone is 2. The van der Waals surface area contributed by atoms with Gasteiger partial charge in [0.25, 0.3) is 0 Å². The number of hydroxylamine groups is 1. The van der Waals surface area contributed by atoms with E-state index in [1.165, 1.54) is 20.1 Å². The normalized spacial score (nSPS) is 24.0. The number of carbonyl (C=O) groups is 3. The molecule has 3 unspecified atom stereocenters. The summed E-state index contributed by atoms with van der Waals surface area (Å²) in [5.41, 5.74) is 1.59. The van der Waals surface area contributed by atoms with E-state index in [9.17, 15) is 23.4 Å². The maximum atomic E-state index is 14.3. The Morgan fingerprint density at radius 1 is 1.12 bits per heavy atom. The van der Waals surface area contributed by atoms with Crippen LogP contribution in [0.2, 0.25) is 4.71 Å². The first kappa shape index (κ1) is 36.8. The molecule has 266 valence electrons. The van der Waals surface area contributed by atoms with Crippen molar-refractivity contribution in [1.82, 2.24) is 15.4 Å². The molecule has 2 aromatic rings. The fourth-order valence-corrected chi connectivity index (χ4v) is 11.7. The number of furan rings is 1. The summed E-state index contributed by atoms with van der Waals surface area (Å²) in [6.07, 6.45) is 14.5. The zero-order valence-corrected chi connectivity index (χ0v) is 30.5.